The van der Waals surface area contributed by atoms with Crippen LogP contribution in [0.4, 0.5) is 35.9 Å². The molecule has 1 atom stereocenters. The van der Waals surface area contributed by atoms with E-state index in [1.54, 1.807) is 12.1 Å². The fourth-order valence-electron chi connectivity index (χ4n) is 3.46. The van der Waals surface area contributed by atoms with Crippen LogP contribution in [0.3, 0.4) is 0 Å². The molecule has 7 nitrogen and oxygen atoms in total. The third-order valence-corrected chi connectivity index (χ3v) is 6.50. The highest BCUT2D eigenvalue weighted by Crippen LogP contribution is 2.40. The van der Waals surface area contributed by atoms with Crippen LogP contribution in [0.5, 0.6) is 0 Å². The van der Waals surface area contributed by atoms with Crippen molar-refractivity contribution in [1.82, 2.24) is 0 Å². The number of hydrogen-bond acceptors (Lipinski definition) is 5. The van der Waals surface area contributed by atoms with Crippen molar-refractivity contribution in [2.45, 2.75) is 18.9 Å². The van der Waals surface area contributed by atoms with Gasteiger partial charge in [-0.25, -0.2) is 21.6 Å². The van der Waals surface area contributed by atoms with Crippen LogP contribution in [0.1, 0.15) is 12.8 Å². The minimum Gasteiger partial charge on any atom is -0.755 e. The van der Waals surface area contributed by atoms with Crippen molar-refractivity contribution < 1.29 is 30.4 Å². The Labute approximate surface area is 197 Å². The Hall–Kier alpha value is -3.09. The highest BCUT2D eigenvalue weighted by molar-refractivity contribution is 7.92. The number of anilines is 4. The number of nitrogens with one attached hydrogen (secondary N) is 2. The van der Waals surface area contributed by atoms with E-state index in [2.05, 4.69) is 10.0 Å². The molecule has 1 fully saturated rings. The molecule has 2 N–H and O–H groups in total. The minimum atomic E-state index is -3.50. The molecular weight excluding hydrogens is 491 g/mol. The summed E-state index contributed by atoms with van der Waals surface area (Å²) in [6.45, 7) is 0. The van der Waals surface area contributed by atoms with Crippen LogP contribution in [0.25, 0.3) is 11.1 Å². The normalized spacial score (nSPS) is 14.5. The van der Waals surface area contributed by atoms with Gasteiger partial charge < -0.3 is 9.87 Å². The smallest absolute Gasteiger partial charge is 0.229 e. The molecule has 1 saturated carbocycles. The van der Waals surface area contributed by atoms with E-state index in [-0.39, 0.29) is 17.4 Å². The van der Waals surface area contributed by atoms with Crippen molar-refractivity contribution in [2.24, 2.45) is 0 Å². The largest absolute Gasteiger partial charge is 0.755 e. The number of hydrogen-bond donors (Lipinski definition) is 2. The van der Waals surface area contributed by atoms with Crippen molar-refractivity contribution >= 4 is 44.0 Å². The molecular formula is C22H19F3N3O4S2-. The third-order valence-electron chi connectivity index (χ3n) is 5.08. The molecule has 3 aromatic rings. The zero-order chi connectivity index (χ0) is 24.6. The summed E-state index contributed by atoms with van der Waals surface area (Å²) in [6.07, 6.45) is 2.15. The molecule has 0 aliphatic heterocycles. The molecule has 0 radical (unpaired) electrons. The van der Waals surface area contributed by atoms with Crippen molar-refractivity contribution in [1.29, 1.82) is 0 Å². The van der Waals surface area contributed by atoms with Crippen LogP contribution in [0, 0.1) is 17.5 Å². The zero-order valence-electron chi connectivity index (χ0n) is 17.7. The Bertz CT molecular complexity index is 1380. The molecule has 0 aromatic heterocycles. The van der Waals surface area contributed by atoms with E-state index >= 15 is 0 Å². The lowest BCUT2D eigenvalue weighted by Gasteiger charge is -2.29. The summed E-state index contributed by atoms with van der Waals surface area (Å²) in [4.78, 5) is 0. The van der Waals surface area contributed by atoms with E-state index in [0.29, 0.717) is 29.7 Å². The van der Waals surface area contributed by atoms with Crippen LogP contribution in [0.15, 0.2) is 54.6 Å². The molecule has 0 spiro atoms. The first kappa shape index (κ1) is 24.0. The summed E-state index contributed by atoms with van der Waals surface area (Å²) in [5.41, 5.74) is 0.380. The van der Waals surface area contributed by atoms with Gasteiger partial charge in [-0.05, 0) is 60.4 Å². The minimum absolute atomic E-state index is 0.127. The summed E-state index contributed by atoms with van der Waals surface area (Å²) in [6, 6.07) is 11.8. The Kier molecular flexibility index (Phi) is 6.56. The van der Waals surface area contributed by atoms with Crippen molar-refractivity contribution in [3.63, 3.8) is 0 Å². The molecule has 1 aliphatic carbocycles. The van der Waals surface area contributed by atoms with Crippen LogP contribution in [-0.2, 0) is 21.3 Å². The van der Waals surface area contributed by atoms with Gasteiger partial charge in [0.1, 0.15) is 11.5 Å². The molecule has 180 valence electrons. The molecule has 0 saturated heterocycles. The standard InChI is InChI=1S/C22H20F3N3O4S2/c1-34(31,32)27-15-4-2-3-13(11-15)14-5-9-19(18(24)12-14)26-22-20(10-8-17(23)21(22)25)28(33(29)30)16-6-7-16/h2-5,8-12,16,26-27H,6-7H2,1H3,(H,29,30)/p-1. The maximum atomic E-state index is 15.0. The van der Waals surface area contributed by atoms with Crippen molar-refractivity contribution in [2.75, 3.05) is 20.6 Å². The van der Waals surface area contributed by atoms with Gasteiger partial charge in [0.15, 0.2) is 11.6 Å². The van der Waals surface area contributed by atoms with Gasteiger partial charge in [0.05, 0.1) is 17.6 Å². The van der Waals surface area contributed by atoms with E-state index in [0.717, 1.165) is 28.8 Å². The lowest BCUT2D eigenvalue weighted by atomic mass is 10.0. The molecule has 0 bridgehead atoms. The molecule has 0 amide bonds. The van der Waals surface area contributed by atoms with Gasteiger partial charge in [-0.1, -0.05) is 18.2 Å². The molecule has 0 heterocycles. The first-order valence-electron chi connectivity index (χ1n) is 10.0. The number of nitrogens with zero attached hydrogens (tertiary/aromatic N) is 1. The molecule has 1 aliphatic rings. The molecule has 4 rings (SSSR count). The fourth-order valence-corrected chi connectivity index (χ4v) is 4.78. The topological polar surface area (TPSA) is 102 Å². The maximum absolute atomic E-state index is 15.0. The van der Waals surface area contributed by atoms with E-state index < -0.39 is 44.4 Å². The van der Waals surface area contributed by atoms with Crippen LogP contribution < -0.4 is 14.3 Å². The van der Waals surface area contributed by atoms with E-state index in [4.69, 9.17) is 0 Å². The van der Waals surface area contributed by atoms with Crippen LogP contribution in [0.2, 0.25) is 0 Å². The predicted octanol–water partition coefficient (Wildman–Crippen LogP) is 4.65. The van der Waals surface area contributed by atoms with E-state index in [1.807, 2.05) is 0 Å². The number of benzene rings is 3. The lowest BCUT2D eigenvalue weighted by molar-refractivity contribution is 0.510. The highest BCUT2D eigenvalue weighted by Gasteiger charge is 2.33. The van der Waals surface area contributed by atoms with Crippen LogP contribution in [-0.4, -0.2) is 29.5 Å². The Balaban J connectivity index is 1.68. The maximum Gasteiger partial charge on any atom is 0.229 e. The van der Waals surface area contributed by atoms with Gasteiger partial charge in [0.25, 0.3) is 0 Å². The number of halogens is 3. The second-order valence-corrected chi connectivity index (χ2v) is 10.4. The molecule has 34 heavy (non-hydrogen) atoms. The van der Waals surface area contributed by atoms with Gasteiger partial charge in [0, 0.05) is 23.0 Å². The van der Waals surface area contributed by atoms with Crippen molar-refractivity contribution in [3.8, 4) is 11.1 Å². The second kappa shape index (κ2) is 9.28. The first-order valence-corrected chi connectivity index (χ1v) is 13.0. The second-order valence-electron chi connectivity index (χ2n) is 7.80. The summed E-state index contributed by atoms with van der Waals surface area (Å²) < 4.78 is 93.2. The molecule has 3 aromatic carbocycles. The Morgan fingerprint density at radius 2 is 1.71 bits per heavy atom. The van der Waals surface area contributed by atoms with Crippen molar-refractivity contribution in [3.05, 3.63) is 72.0 Å². The number of rotatable bonds is 8. The Morgan fingerprint density at radius 1 is 1.00 bits per heavy atom. The Morgan fingerprint density at radius 3 is 2.32 bits per heavy atom. The van der Waals surface area contributed by atoms with E-state index in [9.17, 15) is 30.4 Å². The highest BCUT2D eigenvalue weighted by atomic mass is 32.2. The summed E-state index contributed by atoms with van der Waals surface area (Å²) in [7, 11) is -3.50. The fraction of sp³-hybridized carbons (Fsp3) is 0.182. The summed E-state index contributed by atoms with van der Waals surface area (Å²) in [5.74, 6) is -3.36. The molecule has 1 unspecified atom stereocenters. The summed E-state index contributed by atoms with van der Waals surface area (Å²) >= 11 is -2.74. The number of sulfonamides is 1. The van der Waals surface area contributed by atoms with Gasteiger partial charge in [-0.2, -0.15) is 0 Å². The van der Waals surface area contributed by atoms with Crippen LogP contribution >= 0.6 is 0 Å². The zero-order valence-corrected chi connectivity index (χ0v) is 19.4. The summed E-state index contributed by atoms with van der Waals surface area (Å²) in [5, 5.41) is 2.49. The molecule has 12 heteroatoms. The average molecular weight is 511 g/mol. The SMILES string of the molecule is CS(=O)(=O)Nc1cccc(-c2ccc(Nc3c(N(C4CC4)S(=O)[O-])ccc(F)c3F)c(F)c2)c1. The average Bonchev–Trinajstić information content (AvgIpc) is 3.58. The van der Waals surface area contributed by atoms with Gasteiger partial charge in [-0.3, -0.25) is 13.2 Å². The monoisotopic (exact) mass is 510 g/mol. The van der Waals surface area contributed by atoms with Gasteiger partial charge >= 0.3 is 0 Å². The lowest BCUT2D eigenvalue weighted by Crippen LogP contribution is -2.28. The third kappa shape index (κ3) is 5.34. The van der Waals surface area contributed by atoms with Gasteiger partial charge in [0.2, 0.25) is 10.0 Å². The van der Waals surface area contributed by atoms with Gasteiger partial charge in [-0.15, -0.1) is 0 Å². The predicted molar refractivity (Wildman–Crippen MR) is 124 cm³/mol. The first-order chi connectivity index (χ1) is 16.0. The quantitative estimate of drug-likeness (QED) is 0.430. The van der Waals surface area contributed by atoms with E-state index in [1.165, 1.54) is 24.3 Å².